The Labute approximate surface area is 223 Å². The monoisotopic (exact) mass is 503 g/mol. The number of rotatable bonds is 3. The highest BCUT2D eigenvalue weighted by atomic mass is 32.1. The minimum absolute atomic E-state index is 0.949. The normalized spacial score (nSPS) is 11.7. The molecule has 0 fully saturated rings. The second kappa shape index (κ2) is 8.37. The van der Waals surface area contributed by atoms with E-state index >= 15 is 0 Å². The first-order chi connectivity index (χ1) is 18.8. The van der Waals surface area contributed by atoms with E-state index in [2.05, 4.69) is 114 Å². The Morgan fingerprint density at radius 3 is 2.08 bits per heavy atom. The second-order valence-corrected chi connectivity index (χ2v) is 10.6. The van der Waals surface area contributed by atoms with E-state index in [0.29, 0.717) is 0 Å². The van der Waals surface area contributed by atoms with E-state index in [-0.39, 0.29) is 0 Å². The van der Waals surface area contributed by atoms with Crippen LogP contribution in [0.3, 0.4) is 0 Å². The Bertz CT molecular complexity index is 2120. The highest BCUT2D eigenvalue weighted by Gasteiger charge is 2.15. The first-order valence-corrected chi connectivity index (χ1v) is 13.5. The summed E-state index contributed by atoms with van der Waals surface area (Å²) in [6.45, 7) is 0. The molecule has 0 spiro atoms. The van der Waals surface area contributed by atoms with Crippen LogP contribution in [0.5, 0.6) is 0 Å². The molecule has 0 bridgehead atoms. The molecule has 0 N–H and O–H groups in total. The molecule has 178 valence electrons. The van der Waals surface area contributed by atoms with Crippen molar-refractivity contribution in [3.05, 3.63) is 128 Å². The van der Waals surface area contributed by atoms with Gasteiger partial charge in [-0.1, -0.05) is 72.8 Å². The van der Waals surface area contributed by atoms with E-state index in [0.717, 1.165) is 38.5 Å². The topological polar surface area (TPSA) is 30.2 Å². The molecule has 0 saturated heterocycles. The van der Waals surface area contributed by atoms with Crippen molar-refractivity contribution in [2.75, 3.05) is 0 Å². The maximum Gasteiger partial charge on any atom is 0.147 e. The largest absolute Gasteiger partial charge is 0.292 e. The van der Waals surface area contributed by atoms with Gasteiger partial charge in [0, 0.05) is 26.7 Å². The SMILES string of the molecule is c1ccc(-c2ccc(-c3ccc(-c4ccc5c(c4)c4ncccc4c4nc6ccccc6n54)cc3)s2)cc1. The van der Waals surface area contributed by atoms with Crippen LogP contribution in [0, 0.1) is 0 Å². The molecule has 0 atom stereocenters. The molecule has 38 heavy (non-hydrogen) atoms. The molecule has 8 rings (SSSR count). The van der Waals surface area contributed by atoms with E-state index < -0.39 is 0 Å². The van der Waals surface area contributed by atoms with Crippen LogP contribution in [0.25, 0.3) is 70.5 Å². The molecule has 4 aromatic heterocycles. The van der Waals surface area contributed by atoms with E-state index in [4.69, 9.17) is 9.97 Å². The lowest BCUT2D eigenvalue weighted by atomic mass is 10.0. The van der Waals surface area contributed by atoms with Crippen LogP contribution < -0.4 is 0 Å². The Morgan fingerprint density at radius 1 is 0.526 bits per heavy atom. The fourth-order valence-corrected chi connectivity index (χ4v) is 6.45. The molecule has 4 heteroatoms. The van der Waals surface area contributed by atoms with Crippen LogP contribution in [-0.4, -0.2) is 14.4 Å². The number of thiophene rings is 1. The Morgan fingerprint density at radius 2 is 1.24 bits per heavy atom. The number of fused-ring (bicyclic) bond motifs is 8. The van der Waals surface area contributed by atoms with Crippen molar-refractivity contribution in [2.24, 2.45) is 0 Å². The van der Waals surface area contributed by atoms with Crippen LogP contribution >= 0.6 is 11.3 Å². The third-order valence-electron chi connectivity index (χ3n) is 7.27. The van der Waals surface area contributed by atoms with Gasteiger partial charge in [0.1, 0.15) is 5.65 Å². The molecule has 0 aliphatic rings. The first kappa shape index (κ1) is 21.3. The van der Waals surface area contributed by atoms with E-state index in [1.807, 2.05) is 29.7 Å². The molecule has 3 nitrogen and oxygen atoms in total. The van der Waals surface area contributed by atoms with Crippen molar-refractivity contribution in [1.82, 2.24) is 14.4 Å². The number of imidazole rings is 1. The van der Waals surface area contributed by atoms with Crippen LogP contribution in [0.1, 0.15) is 0 Å². The molecule has 0 aliphatic carbocycles. The number of pyridine rings is 2. The van der Waals surface area contributed by atoms with Crippen LogP contribution in [0.2, 0.25) is 0 Å². The smallest absolute Gasteiger partial charge is 0.147 e. The molecule has 4 heterocycles. The van der Waals surface area contributed by atoms with Gasteiger partial charge in [-0.3, -0.25) is 9.38 Å². The predicted octanol–water partition coefficient (Wildman–Crippen LogP) is 9.25. The molecule has 0 aliphatic heterocycles. The van der Waals surface area contributed by atoms with Gasteiger partial charge < -0.3 is 0 Å². The summed E-state index contributed by atoms with van der Waals surface area (Å²) in [6.07, 6.45) is 1.87. The number of nitrogens with zero attached hydrogens (tertiary/aromatic N) is 3. The van der Waals surface area contributed by atoms with Crippen molar-refractivity contribution in [1.29, 1.82) is 0 Å². The zero-order valence-electron chi connectivity index (χ0n) is 20.4. The van der Waals surface area contributed by atoms with Crippen molar-refractivity contribution in [3.63, 3.8) is 0 Å². The molecular weight excluding hydrogens is 482 g/mol. The summed E-state index contributed by atoms with van der Waals surface area (Å²) in [4.78, 5) is 12.3. The van der Waals surface area contributed by atoms with Crippen LogP contribution in [0.4, 0.5) is 0 Å². The molecule has 8 aromatic rings. The first-order valence-electron chi connectivity index (χ1n) is 12.7. The van der Waals surface area contributed by atoms with Gasteiger partial charge in [-0.25, -0.2) is 4.98 Å². The van der Waals surface area contributed by atoms with E-state index in [1.54, 1.807) is 0 Å². The maximum absolute atomic E-state index is 4.96. The Balaban J connectivity index is 1.25. The number of hydrogen-bond donors (Lipinski definition) is 0. The zero-order valence-corrected chi connectivity index (χ0v) is 21.2. The summed E-state index contributed by atoms with van der Waals surface area (Å²) in [6, 6.07) is 43.0. The van der Waals surface area contributed by atoms with Crippen molar-refractivity contribution < 1.29 is 0 Å². The standard InChI is InChI=1S/C34H21N3S/c1-2-7-23(8-3-1)31-18-19-32(38-31)24-14-12-22(13-15-24)25-16-17-29-27(21-25)33-26(9-6-20-35-33)34-36-28-10-4-5-11-30(28)37(29)34/h1-21H. The quantitative estimate of drug-likeness (QED) is 0.225. The predicted molar refractivity (Wildman–Crippen MR) is 160 cm³/mol. The molecule has 0 saturated carbocycles. The average Bonchev–Trinajstić information content (AvgIpc) is 3.64. The Kier molecular flexibility index (Phi) is 4.69. The van der Waals surface area contributed by atoms with Crippen molar-refractivity contribution in [3.8, 4) is 32.0 Å². The van der Waals surface area contributed by atoms with Crippen LogP contribution in [0.15, 0.2) is 128 Å². The van der Waals surface area contributed by atoms with E-state index in [1.165, 1.54) is 32.0 Å². The summed E-state index contributed by atoms with van der Waals surface area (Å²) in [5.41, 5.74) is 10.0. The van der Waals surface area contributed by atoms with Crippen molar-refractivity contribution >= 4 is 49.8 Å². The lowest BCUT2D eigenvalue weighted by molar-refractivity contribution is 1.30. The second-order valence-electron chi connectivity index (χ2n) is 9.50. The Hall–Kier alpha value is -4.80. The molecular formula is C34H21N3S. The fourth-order valence-electron chi connectivity index (χ4n) is 5.43. The minimum atomic E-state index is 0.949. The van der Waals surface area contributed by atoms with Gasteiger partial charge in [-0.15, -0.1) is 11.3 Å². The highest BCUT2D eigenvalue weighted by Crippen LogP contribution is 2.37. The lowest BCUT2D eigenvalue weighted by Gasteiger charge is -2.11. The van der Waals surface area contributed by atoms with Crippen LogP contribution in [-0.2, 0) is 0 Å². The third-order valence-corrected chi connectivity index (χ3v) is 8.45. The summed E-state index contributed by atoms with van der Waals surface area (Å²) in [7, 11) is 0. The van der Waals surface area contributed by atoms with Gasteiger partial charge in [0.25, 0.3) is 0 Å². The van der Waals surface area contributed by atoms with Gasteiger partial charge >= 0.3 is 0 Å². The summed E-state index contributed by atoms with van der Waals surface area (Å²) in [5.74, 6) is 0. The van der Waals surface area contributed by atoms with Gasteiger partial charge in [0.2, 0.25) is 0 Å². The molecule has 4 aromatic carbocycles. The third kappa shape index (κ3) is 3.28. The number of hydrogen-bond acceptors (Lipinski definition) is 3. The fraction of sp³-hybridized carbons (Fsp3) is 0. The lowest BCUT2D eigenvalue weighted by Crippen LogP contribution is -1.93. The van der Waals surface area contributed by atoms with Gasteiger partial charge in [-0.05, 0) is 70.8 Å². The highest BCUT2D eigenvalue weighted by molar-refractivity contribution is 7.18. The average molecular weight is 504 g/mol. The zero-order chi connectivity index (χ0) is 25.1. The van der Waals surface area contributed by atoms with Gasteiger partial charge in [0.15, 0.2) is 0 Å². The molecule has 0 unspecified atom stereocenters. The molecule has 0 amide bonds. The summed E-state index contributed by atoms with van der Waals surface area (Å²) >= 11 is 1.83. The molecule has 0 radical (unpaired) electrons. The number of para-hydroxylation sites is 2. The van der Waals surface area contributed by atoms with E-state index in [9.17, 15) is 0 Å². The van der Waals surface area contributed by atoms with Crippen molar-refractivity contribution in [2.45, 2.75) is 0 Å². The minimum Gasteiger partial charge on any atom is -0.292 e. The summed E-state index contributed by atoms with van der Waals surface area (Å²) < 4.78 is 2.27. The van der Waals surface area contributed by atoms with Gasteiger partial charge in [0.05, 0.1) is 22.1 Å². The summed E-state index contributed by atoms with van der Waals surface area (Å²) in [5, 5.41) is 2.19. The number of benzene rings is 4. The van der Waals surface area contributed by atoms with Gasteiger partial charge in [-0.2, -0.15) is 0 Å². The maximum atomic E-state index is 4.96. The number of aromatic nitrogens is 3.